The minimum atomic E-state index is -2.61. The molecule has 0 aromatic heterocycles. The van der Waals surface area contributed by atoms with Gasteiger partial charge < -0.3 is 19.6 Å². The standard InChI is InChI=1S/C31H47NO5Si/c1-8-24(18-12-9-17-23-27(28(33)34)32-29(35)36-30(2,3)4)37-38(31(5,6)7,25-19-13-10-14-20-25)26-21-15-11-16-22-26/h10-11,13-16,19-22,24,27H,8-9,12,17-18,23H2,1-7H3,(H,32,35)(H,33,34)/t24?,27-/m0/s1. The number of hydrogen-bond donors (Lipinski definition) is 2. The average Bonchev–Trinajstić information content (AvgIpc) is 2.84. The van der Waals surface area contributed by atoms with Gasteiger partial charge in [-0.3, -0.25) is 0 Å². The number of rotatable bonds is 13. The number of carboxylic acid groups (broad SMARTS) is 1. The van der Waals surface area contributed by atoms with E-state index in [9.17, 15) is 14.7 Å². The van der Waals surface area contributed by atoms with E-state index in [0.717, 1.165) is 25.7 Å². The molecule has 2 N–H and O–H groups in total. The van der Waals surface area contributed by atoms with E-state index in [1.807, 2.05) is 0 Å². The molecule has 0 bridgehead atoms. The van der Waals surface area contributed by atoms with Crippen molar-refractivity contribution >= 4 is 30.8 Å². The lowest BCUT2D eigenvalue weighted by Crippen LogP contribution is -2.67. The maximum atomic E-state index is 12.0. The molecular formula is C31H47NO5Si. The van der Waals surface area contributed by atoms with Crippen LogP contribution >= 0.6 is 0 Å². The van der Waals surface area contributed by atoms with Crippen molar-refractivity contribution in [1.82, 2.24) is 5.32 Å². The molecule has 2 aromatic rings. The van der Waals surface area contributed by atoms with Gasteiger partial charge in [-0.25, -0.2) is 9.59 Å². The molecule has 0 saturated carbocycles. The van der Waals surface area contributed by atoms with Crippen LogP contribution in [0, 0.1) is 0 Å². The normalized spacial score (nSPS) is 14.0. The fourth-order valence-electron chi connectivity index (χ4n) is 4.89. The van der Waals surface area contributed by atoms with Gasteiger partial charge in [0.25, 0.3) is 8.32 Å². The molecule has 0 aliphatic heterocycles. The lowest BCUT2D eigenvalue weighted by molar-refractivity contribution is -0.139. The topological polar surface area (TPSA) is 84.9 Å². The first-order valence-electron chi connectivity index (χ1n) is 13.8. The van der Waals surface area contributed by atoms with E-state index in [-0.39, 0.29) is 11.1 Å². The molecule has 0 aliphatic carbocycles. The molecule has 6 nitrogen and oxygen atoms in total. The molecule has 0 spiro atoms. The zero-order chi connectivity index (χ0) is 28.4. The Morgan fingerprint density at radius 3 is 1.76 bits per heavy atom. The maximum Gasteiger partial charge on any atom is 0.408 e. The second-order valence-corrected chi connectivity index (χ2v) is 16.2. The second-order valence-electron chi connectivity index (χ2n) is 12.0. The van der Waals surface area contributed by atoms with E-state index in [1.165, 1.54) is 10.4 Å². The predicted octanol–water partition coefficient (Wildman–Crippen LogP) is 6.27. The van der Waals surface area contributed by atoms with Crippen LogP contribution in [0.4, 0.5) is 4.79 Å². The minimum Gasteiger partial charge on any atom is -0.480 e. The summed E-state index contributed by atoms with van der Waals surface area (Å²) >= 11 is 0. The monoisotopic (exact) mass is 541 g/mol. The van der Waals surface area contributed by atoms with Crippen molar-refractivity contribution in [2.75, 3.05) is 0 Å². The number of hydrogen-bond acceptors (Lipinski definition) is 4. The number of carbonyl (C=O) groups is 2. The number of amides is 1. The highest BCUT2D eigenvalue weighted by molar-refractivity contribution is 6.99. The Balaban J connectivity index is 2.07. The van der Waals surface area contributed by atoms with Gasteiger partial charge >= 0.3 is 12.1 Å². The lowest BCUT2D eigenvalue weighted by Gasteiger charge is -2.45. The SMILES string of the molecule is CCC(CCCCC[C@H](NC(=O)OC(C)(C)C)C(=O)O)O[Si](c1ccccc1)(c1ccccc1)C(C)(C)C. The van der Waals surface area contributed by atoms with Crippen molar-refractivity contribution in [3.63, 3.8) is 0 Å². The summed E-state index contributed by atoms with van der Waals surface area (Å²) < 4.78 is 12.5. The van der Waals surface area contributed by atoms with Gasteiger partial charge in [0.15, 0.2) is 0 Å². The fourth-order valence-corrected chi connectivity index (χ4v) is 9.69. The number of benzene rings is 2. The van der Waals surface area contributed by atoms with Crippen LogP contribution in [0.15, 0.2) is 60.7 Å². The van der Waals surface area contributed by atoms with E-state index in [2.05, 4.69) is 93.7 Å². The number of carboxylic acids is 1. The van der Waals surface area contributed by atoms with Crippen LogP contribution in [-0.2, 0) is 14.0 Å². The summed E-state index contributed by atoms with van der Waals surface area (Å²) in [5, 5.41) is 14.5. The summed E-state index contributed by atoms with van der Waals surface area (Å²) in [6, 6.07) is 20.4. The first-order valence-corrected chi connectivity index (χ1v) is 15.7. The van der Waals surface area contributed by atoms with E-state index in [4.69, 9.17) is 9.16 Å². The highest BCUT2D eigenvalue weighted by Gasteiger charge is 2.51. The number of aliphatic carboxylic acids is 1. The smallest absolute Gasteiger partial charge is 0.408 e. The molecule has 0 aliphatic rings. The molecule has 210 valence electrons. The molecule has 1 unspecified atom stereocenters. The Bertz CT molecular complexity index is 959. The van der Waals surface area contributed by atoms with E-state index in [0.29, 0.717) is 12.8 Å². The molecule has 7 heteroatoms. The first kappa shape index (κ1) is 31.6. The fraction of sp³-hybridized carbons (Fsp3) is 0.548. The molecule has 2 atom stereocenters. The third kappa shape index (κ3) is 8.98. The summed E-state index contributed by atoms with van der Waals surface area (Å²) in [5.74, 6) is -1.04. The van der Waals surface area contributed by atoms with Crippen molar-refractivity contribution in [3.8, 4) is 0 Å². The second kappa shape index (κ2) is 13.9. The molecular weight excluding hydrogens is 494 g/mol. The zero-order valence-corrected chi connectivity index (χ0v) is 25.3. The Labute approximate surface area is 230 Å². The number of alkyl carbamates (subject to hydrolysis) is 1. The van der Waals surface area contributed by atoms with Gasteiger partial charge in [0, 0.05) is 6.10 Å². The third-order valence-corrected chi connectivity index (χ3v) is 11.8. The van der Waals surface area contributed by atoms with Gasteiger partial charge in [0.2, 0.25) is 0 Å². The number of nitrogens with one attached hydrogen (secondary N) is 1. The van der Waals surface area contributed by atoms with Crippen LogP contribution in [-0.4, -0.2) is 43.2 Å². The molecule has 38 heavy (non-hydrogen) atoms. The molecule has 1 amide bonds. The third-order valence-electron chi connectivity index (χ3n) is 6.72. The summed E-state index contributed by atoms with van der Waals surface area (Å²) in [6.07, 6.45) is 4.05. The van der Waals surface area contributed by atoms with Gasteiger partial charge in [-0.05, 0) is 55.4 Å². The van der Waals surface area contributed by atoms with E-state index >= 15 is 0 Å². The van der Waals surface area contributed by atoms with Crippen molar-refractivity contribution in [3.05, 3.63) is 60.7 Å². The van der Waals surface area contributed by atoms with Crippen molar-refractivity contribution in [2.45, 2.75) is 110 Å². The van der Waals surface area contributed by atoms with Gasteiger partial charge in [0.1, 0.15) is 11.6 Å². The maximum absolute atomic E-state index is 12.0. The molecule has 0 saturated heterocycles. The highest BCUT2D eigenvalue weighted by Crippen LogP contribution is 2.38. The average molecular weight is 542 g/mol. The summed E-state index contributed by atoms with van der Waals surface area (Å²) in [4.78, 5) is 23.7. The van der Waals surface area contributed by atoms with Crippen molar-refractivity contribution < 1.29 is 23.9 Å². The van der Waals surface area contributed by atoms with Crippen LogP contribution in [0.25, 0.3) is 0 Å². The van der Waals surface area contributed by atoms with Crippen LogP contribution in [0.5, 0.6) is 0 Å². The first-order chi connectivity index (χ1) is 17.8. The Morgan fingerprint density at radius 2 is 1.34 bits per heavy atom. The van der Waals surface area contributed by atoms with E-state index < -0.39 is 32.0 Å². The zero-order valence-electron chi connectivity index (χ0n) is 24.3. The van der Waals surface area contributed by atoms with Gasteiger partial charge in [-0.1, -0.05) is 108 Å². The van der Waals surface area contributed by atoms with Gasteiger partial charge in [0.05, 0.1) is 0 Å². The van der Waals surface area contributed by atoms with E-state index in [1.54, 1.807) is 20.8 Å². The molecule has 2 aromatic carbocycles. The van der Waals surface area contributed by atoms with Crippen molar-refractivity contribution in [2.24, 2.45) is 0 Å². The molecule has 0 fully saturated rings. The number of ether oxygens (including phenoxy) is 1. The lowest BCUT2D eigenvalue weighted by atomic mass is 10.0. The number of unbranched alkanes of at least 4 members (excludes halogenated alkanes) is 2. The van der Waals surface area contributed by atoms with Crippen molar-refractivity contribution in [1.29, 1.82) is 0 Å². The van der Waals surface area contributed by atoms with Gasteiger partial charge in [-0.2, -0.15) is 0 Å². The summed E-state index contributed by atoms with van der Waals surface area (Å²) in [7, 11) is -2.61. The highest BCUT2D eigenvalue weighted by atomic mass is 28.4. The van der Waals surface area contributed by atoms with Crippen LogP contribution in [0.2, 0.25) is 5.04 Å². The van der Waals surface area contributed by atoms with Crippen LogP contribution in [0.1, 0.15) is 87.0 Å². The van der Waals surface area contributed by atoms with Crippen LogP contribution < -0.4 is 15.7 Å². The molecule has 0 radical (unpaired) electrons. The number of carbonyl (C=O) groups excluding carboxylic acids is 1. The quantitative estimate of drug-likeness (QED) is 0.231. The Kier molecular flexibility index (Phi) is 11.6. The largest absolute Gasteiger partial charge is 0.480 e. The predicted molar refractivity (Wildman–Crippen MR) is 157 cm³/mol. The summed E-state index contributed by atoms with van der Waals surface area (Å²) in [5.41, 5.74) is -0.673. The Morgan fingerprint density at radius 1 is 0.842 bits per heavy atom. The molecule has 2 rings (SSSR count). The Hall–Kier alpha value is -2.64. The van der Waals surface area contributed by atoms with Gasteiger partial charge in [-0.15, -0.1) is 0 Å². The van der Waals surface area contributed by atoms with Crippen LogP contribution in [0.3, 0.4) is 0 Å². The summed E-state index contributed by atoms with van der Waals surface area (Å²) in [6.45, 7) is 14.3. The molecule has 0 heterocycles. The minimum absolute atomic E-state index is 0.0782.